The van der Waals surface area contributed by atoms with Crippen LogP contribution >= 0.6 is 0 Å². The van der Waals surface area contributed by atoms with Gasteiger partial charge in [-0.1, -0.05) is 61.6 Å². The first-order chi connectivity index (χ1) is 10.2. The lowest BCUT2D eigenvalue weighted by Crippen LogP contribution is -2.21. The van der Waals surface area contributed by atoms with Gasteiger partial charge in [0.1, 0.15) is 0 Å². The summed E-state index contributed by atoms with van der Waals surface area (Å²) in [6.07, 6.45) is 15.1. The maximum absolute atomic E-state index is 4.34. The van der Waals surface area contributed by atoms with Crippen molar-refractivity contribution in [2.45, 2.75) is 29.9 Å². The van der Waals surface area contributed by atoms with Crippen molar-refractivity contribution < 1.29 is 0 Å². The van der Waals surface area contributed by atoms with Crippen molar-refractivity contribution in [3.05, 3.63) is 90.4 Å². The van der Waals surface area contributed by atoms with E-state index in [1.807, 2.05) is 0 Å². The van der Waals surface area contributed by atoms with Crippen LogP contribution in [0.3, 0.4) is 0 Å². The second kappa shape index (κ2) is 7.90. The lowest BCUT2D eigenvalue weighted by atomic mass is 10.2. The van der Waals surface area contributed by atoms with Gasteiger partial charge in [0.25, 0.3) is 0 Å². The SMILES string of the molecule is C=C(/C=C\C(=C)[S+](c1ccccc1)C1C=CC=CC1)CC. The summed E-state index contributed by atoms with van der Waals surface area (Å²) in [5.41, 5.74) is 1.15. The number of hydrogen-bond acceptors (Lipinski definition) is 0. The van der Waals surface area contributed by atoms with Crippen LogP contribution in [0, 0.1) is 0 Å². The van der Waals surface area contributed by atoms with E-state index in [0.717, 1.165) is 18.4 Å². The van der Waals surface area contributed by atoms with E-state index < -0.39 is 0 Å². The van der Waals surface area contributed by atoms with Crippen molar-refractivity contribution in [3.63, 3.8) is 0 Å². The molecule has 0 N–H and O–H groups in total. The molecule has 2 unspecified atom stereocenters. The standard InChI is InChI=1S/C20H23S/c1-4-17(2)15-16-18(3)21(19-11-7-5-8-12-19)20-13-9-6-10-14-20/h5-13,15-16,20H,2-4,14H2,1H3/q+1/b16-15-. The minimum atomic E-state index is 0.00212. The second-order valence-corrected chi connectivity index (χ2v) is 7.33. The van der Waals surface area contributed by atoms with Crippen LogP contribution in [-0.4, -0.2) is 5.25 Å². The quantitative estimate of drug-likeness (QED) is 0.474. The smallest absolute Gasteiger partial charge is 0.0958 e. The molecular weight excluding hydrogens is 272 g/mol. The molecule has 2 atom stereocenters. The van der Waals surface area contributed by atoms with Crippen LogP contribution in [-0.2, 0) is 10.9 Å². The lowest BCUT2D eigenvalue weighted by molar-refractivity contribution is 1.04. The zero-order valence-electron chi connectivity index (χ0n) is 12.7. The molecule has 21 heavy (non-hydrogen) atoms. The van der Waals surface area contributed by atoms with Crippen LogP contribution in [0.1, 0.15) is 19.8 Å². The monoisotopic (exact) mass is 295 g/mol. The summed E-state index contributed by atoms with van der Waals surface area (Å²) in [6, 6.07) is 10.7. The Balaban J connectivity index is 2.26. The van der Waals surface area contributed by atoms with Crippen molar-refractivity contribution in [3.8, 4) is 0 Å². The van der Waals surface area contributed by atoms with Gasteiger partial charge in [-0.25, -0.2) is 0 Å². The van der Waals surface area contributed by atoms with Crippen LogP contribution in [0.15, 0.2) is 95.3 Å². The molecule has 0 saturated carbocycles. The molecule has 0 nitrogen and oxygen atoms in total. The first-order valence-corrected chi connectivity index (χ1v) is 8.67. The van der Waals surface area contributed by atoms with Crippen molar-refractivity contribution >= 4 is 10.9 Å². The third kappa shape index (κ3) is 4.37. The fourth-order valence-electron chi connectivity index (χ4n) is 2.22. The van der Waals surface area contributed by atoms with Crippen molar-refractivity contribution in [2.24, 2.45) is 0 Å². The fourth-order valence-corrected chi connectivity index (χ4v) is 4.48. The summed E-state index contributed by atoms with van der Waals surface area (Å²) in [4.78, 5) is 2.54. The molecule has 0 spiro atoms. The third-order valence-electron chi connectivity index (χ3n) is 3.48. The molecule has 1 aliphatic rings. The highest BCUT2D eigenvalue weighted by Gasteiger charge is 2.33. The van der Waals surface area contributed by atoms with Gasteiger partial charge in [-0.05, 0) is 37.3 Å². The minimum Gasteiger partial charge on any atom is -0.0958 e. The van der Waals surface area contributed by atoms with Gasteiger partial charge < -0.3 is 0 Å². The number of allylic oxidation sites excluding steroid dienone is 6. The molecule has 0 heterocycles. The van der Waals surface area contributed by atoms with E-state index in [2.05, 4.69) is 86.9 Å². The predicted octanol–water partition coefficient (Wildman–Crippen LogP) is 5.58. The molecule has 108 valence electrons. The normalized spacial score (nSPS) is 18.8. The maximum atomic E-state index is 4.34. The summed E-state index contributed by atoms with van der Waals surface area (Å²) < 4.78 is 0. The zero-order chi connectivity index (χ0) is 15.1. The summed E-state index contributed by atoms with van der Waals surface area (Å²) in [5, 5.41) is 0.504. The van der Waals surface area contributed by atoms with Crippen LogP contribution in [0.4, 0.5) is 0 Å². The van der Waals surface area contributed by atoms with Crippen LogP contribution in [0.2, 0.25) is 0 Å². The minimum absolute atomic E-state index is 0.00212. The summed E-state index contributed by atoms with van der Waals surface area (Å²) in [7, 11) is 0.00212. The third-order valence-corrected chi connectivity index (χ3v) is 5.92. The van der Waals surface area contributed by atoms with E-state index in [1.54, 1.807) is 0 Å². The Bertz CT molecular complexity index is 575. The molecule has 0 bridgehead atoms. The van der Waals surface area contributed by atoms with E-state index in [4.69, 9.17) is 0 Å². The van der Waals surface area contributed by atoms with Crippen LogP contribution in [0.25, 0.3) is 0 Å². The van der Waals surface area contributed by atoms with E-state index in [1.165, 1.54) is 9.80 Å². The highest BCUT2D eigenvalue weighted by Crippen LogP contribution is 2.30. The Kier molecular flexibility index (Phi) is 5.89. The van der Waals surface area contributed by atoms with E-state index in [0.29, 0.717) is 5.25 Å². The van der Waals surface area contributed by atoms with E-state index in [-0.39, 0.29) is 10.9 Å². The molecule has 0 aromatic heterocycles. The van der Waals surface area contributed by atoms with Gasteiger partial charge in [0, 0.05) is 6.42 Å². The van der Waals surface area contributed by atoms with Gasteiger partial charge in [-0.3, -0.25) is 0 Å². The Hall–Kier alpha value is -1.73. The van der Waals surface area contributed by atoms with Crippen molar-refractivity contribution in [1.29, 1.82) is 0 Å². The molecule has 0 saturated heterocycles. The summed E-state index contributed by atoms with van der Waals surface area (Å²) in [5.74, 6) is 0. The van der Waals surface area contributed by atoms with Gasteiger partial charge in [-0.15, -0.1) is 0 Å². The Morgan fingerprint density at radius 2 is 1.95 bits per heavy atom. The van der Waals surface area contributed by atoms with Gasteiger partial charge in [-0.2, -0.15) is 0 Å². The summed E-state index contributed by atoms with van der Waals surface area (Å²) in [6.45, 7) is 10.5. The molecule has 0 amide bonds. The lowest BCUT2D eigenvalue weighted by Gasteiger charge is -2.16. The summed E-state index contributed by atoms with van der Waals surface area (Å²) >= 11 is 0. The first kappa shape index (κ1) is 15.7. The predicted molar refractivity (Wildman–Crippen MR) is 96.5 cm³/mol. The Morgan fingerprint density at radius 3 is 2.57 bits per heavy atom. The molecule has 0 aliphatic heterocycles. The highest BCUT2D eigenvalue weighted by molar-refractivity contribution is 8.01. The molecule has 0 fully saturated rings. The molecule has 1 aromatic rings. The van der Waals surface area contributed by atoms with E-state index in [9.17, 15) is 0 Å². The topological polar surface area (TPSA) is 0 Å². The number of hydrogen-bond donors (Lipinski definition) is 0. The van der Waals surface area contributed by atoms with Crippen LogP contribution in [0.5, 0.6) is 0 Å². The zero-order valence-corrected chi connectivity index (χ0v) is 13.5. The number of rotatable bonds is 6. The van der Waals surface area contributed by atoms with E-state index >= 15 is 0 Å². The average Bonchev–Trinajstić information content (AvgIpc) is 2.55. The highest BCUT2D eigenvalue weighted by atomic mass is 32.2. The molecule has 1 aromatic carbocycles. The number of benzene rings is 1. The van der Waals surface area contributed by atoms with Gasteiger partial charge in [0.15, 0.2) is 15.1 Å². The largest absolute Gasteiger partial charge is 0.161 e. The van der Waals surface area contributed by atoms with Crippen molar-refractivity contribution in [2.75, 3.05) is 0 Å². The molecule has 1 heteroatoms. The average molecular weight is 295 g/mol. The van der Waals surface area contributed by atoms with Gasteiger partial charge in [0.05, 0.1) is 10.9 Å². The van der Waals surface area contributed by atoms with Gasteiger partial charge >= 0.3 is 0 Å². The molecule has 1 aliphatic carbocycles. The first-order valence-electron chi connectivity index (χ1n) is 7.38. The second-order valence-electron chi connectivity index (χ2n) is 5.05. The Morgan fingerprint density at radius 1 is 1.19 bits per heavy atom. The van der Waals surface area contributed by atoms with Gasteiger partial charge in [0.2, 0.25) is 0 Å². The van der Waals surface area contributed by atoms with Crippen molar-refractivity contribution in [1.82, 2.24) is 0 Å². The molecule has 2 rings (SSSR count). The fraction of sp³-hybridized carbons (Fsp3) is 0.200. The molecular formula is C20H23S+. The molecule has 0 radical (unpaired) electrons. The Labute approximate surface area is 131 Å². The van der Waals surface area contributed by atoms with Crippen LogP contribution < -0.4 is 0 Å². The maximum Gasteiger partial charge on any atom is 0.161 e.